The number of tetrazole rings is 1. The van der Waals surface area contributed by atoms with Gasteiger partial charge < -0.3 is 5.32 Å². The topological polar surface area (TPSA) is 55.6 Å². The van der Waals surface area contributed by atoms with Gasteiger partial charge in [-0.1, -0.05) is 46.5 Å². The Morgan fingerprint density at radius 2 is 1.87 bits per heavy atom. The van der Waals surface area contributed by atoms with Gasteiger partial charge in [-0.15, -0.1) is 0 Å². The van der Waals surface area contributed by atoms with Gasteiger partial charge in [0.15, 0.2) is 11.6 Å². The summed E-state index contributed by atoms with van der Waals surface area (Å²) in [5.74, 6) is -1.61. The Bertz CT molecular complexity index is 853. The first kappa shape index (κ1) is 15.6. The van der Waals surface area contributed by atoms with Crippen LogP contribution in [0.4, 0.5) is 14.7 Å². The van der Waals surface area contributed by atoms with E-state index in [1.54, 1.807) is 18.2 Å². The van der Waals surface area contributed by atoms with Gasteiger partial charge in [0.05, 0.1) is 15.7 Å². The summed E-state index contributed by atoms with van der Waals surface area (Å²) in [6, 6.07) is 8.94. The molecule has 0 bridgehead atoms. The van der Waals surface area contributed by atoms with Crippen LogP contribution in [0.1, 0.15) is 5.56 Å². The zero-order valence-electron chi connectivity index (χ0n) is 11.5. The number of hydrogen-bond acceptors (Lipinski definition) is 4. The Hall–Kier alpha value is -2.25. The zero-order chi connectivity index (χ0) is 16.4. The molecule has 0 amide bonds. The second-order valence-corrected chi connectivity index (χ2v) is 5.34. The van der Waals surface area contributed by atoms with E-state index in [0.29, 0.717) is 10.7 Å². The molecule has 0 aliphatic rings. The molecular weight excluding hydrogens is 347 g/mol. The maximum atomic E-state index is 13.7. The van der Waals surface area contributed by atoms with Crippen molar-refractivity contribution in [3.63, 3.8) is 0 Å². The van der Waals surface area contributed by atoms with Crippen LogP contribution in [0.25, 0.3) is 5.69 Å². The third kappa shape index (κ3) is 3.11. The fraction of sp³-hybridized carbons (Fsp3) is 0.0714. The molecule has 0 spiro atoms. The van der Waals surface area contributed by atoms with Crippen LogP contribution in [-0.2, 0) is 6.54 Å². The lowest BCUT2D eigenvalue weighted by atomic mass is 10.2. The quantitative estimate of drug-likeness (QED) is 0.771. The van der Waals surface area contributed by atoms with E-state index < -0.39 is 11.6 Å². The fourth-order valence-corrected chi connectivity index (χ4v) is 2.35. The van der Waals surface area contributed by atoms with Crippen molar-refractivity contribution in [1.82, 2.24) is 20.2 Å². The van der Waals surface area contributed by atoms with Gasteiger partial charge in [-0.25, -0.2) is 8.78 Å². The maximum Gasteiger partial charge on any atom is 0.248 e. The molecule has 0 saturated carbocycles. The van der Waals surface area contributed by atoms with E-state index in [-0.39, 0.29) is 23.1 Å². The van der Waals surface area contributed by atoms with E-state index in [1.807, 2.05) is 0 Å². The van der Waals surface area contributed by atoms with E-state index >= 15 is 0 Å². The highest BCUT2D eigenvalue weighted by molar-refractivity contribution is 6.43. The normalized spacial score (nSPS) is 10.8. The van der Waals surface area contributed by atoms with Crippen LogP contribution in [0, 0.1) is 11.6 Å². The number of halogens is 4. The van der Waals surface area contributed by atoms with Gasteiger partial charge in [-0.05, 0) is 28.6 Å². The van der Waals surface area contributed by atoms with Crippen molar-refractivity contribution in [3.05, 3.63) is 63.6 Å². The predicted octanol–water partition coefficient (Wildman–Crippen LogP) is 3.86. The molecule has 118 valence electrons. The summed E-state index contributed by atoms with van der Waals surface area (Å²) in [5, 5.41) is 14.6. The number of aromatic nitrogens is 4. The number of hydrogen-bond donors (Lipinski definition) is 1. The Morgan fingerprint density at radius 1 is 1.09 bits per heavy atom. The van der Waals surface area contributed by atoms with Crippen LogP contribution in [0.5, 0.6) is 0 Å². The molecule has 2 aromatic carbocycles. The number of rotatable bonds is 4. The maximum absolute atomic E-state index is 13.7. The molecule has 0 unspecified atom stereocenters. The molecular formula is C14H9Cl2F2N5. The zero-order valence-corrected chi connectivity index (χ0v) is 13.0. The Labute approximate surface area is 139 Å². The Balaban J connectivity index is 1.87. The second kappa shape index (κ2) is 6.47. The first-order valence-corrected chi connectivity index (χ1v) is 7.23. The van der Waals surface area contributed by atoms with Crippen molar-refractivity contribution in [1.29, 1.82) is 0 Å². The number of nitrogens with one attached hydrogen (secondary N) is 1. The van der Waals surface area contributed by atoms with E-state index in [4.69, 9.17) is 23.2 Å². The van der Waals surface area contributed by atoms with Crippen LogP contribution in [0.15, 0.2) is 36.4 Å². The molecule has 5 nitrogen and oxygen atoms in total. The first-order valence-electron chi connectivity index (χ1n) is 6.47. The van der Waals surface area contributed by atoms with Gasteiger partial charge in [0.1, 0.15) is 0 Å². The van der Waals surface area contributed by atoms with Crippen molar-refractivity contribution >= 4 is 29.2 Å². The standard InChI is InChI=1S/C14H9Cl2F2N5/c15-9-4-2-6-11(12(9)16)23-14(20-21-22-23)19-7-8-3-1-5-10(17)13(8)18/h1-6H,7H2,(H,19,20,22). The van der Waals surface area contributed by atoms with Crippen LogP contribution < -0.4 is 5.32 Å². The second-order valence-electron chi connectivity index (χ2n) is 4.55. The highest BCUT2D eigenvalue weighted by Gasteiger charge is 2.14. The largest absolute Gasteiger partial charge is 0.349 e. The molecule has 0 aliphatic carbocycles. The number of benzene rings is 2. The molecule has 9 heteroatoms. The lowest BCUT2D eigenvalue weighted by molar-refractivity contribution is 0.500. The fourth-order valence-electron chi connectivity index (χ4n) is 1.97. The molecule has 1 aromatic heterocycles. The van der Waals surface area contributed by atoms with Gasteiger partial charge in [0.2, 0.25) is 5.95 Å². The monoisotopic (exact) mass is 355 g/mol. The summed E-state index contributed by atoms with van der Waals surface area (Å²) in [4.78, 5) is 0. The van der Waals surface area contributed by atoms with Gasteiger partial charge in [-0.3, -0.25) is 0 Å². The SMILES string of the molecule is Fc1cccc(CNc2nnnn2-c2cccc(Cl)c2Cl)c1F. The Morgan fingerprint density at radius 3 is 2.70 bits per heavy atom. The smallest absolute Gasteiger partial charge is 0.248 e. The lowest BCUT2D eigenvalue weighted by Crippen LogP contribution is -2.09. The average Bonchev–Trinajstić information content (AvgIpc) is 3.00. The van der Waals surface area contributed by atoms with Crippen molar-refractivity contribution in [2.75, 3.05) is 5.32 Å². The van der Waals surface area contributed by atoms with Gasteiger partial charge >= 0.3 is 0 Å². The summed E-state index contributed by atoms with van der Waals surface area (Å²) >= 11 is 12.1. The molecule has 1 N–H and O–H groups in total. The lowest BCUT2D eigenvalue weighted by Gasteiger charge is -2.09. The summed E-state index contributed by atoms with van der Waals surface area (Å²) < 4.78 is 28.2. The summed E-state index contributed by atoms with van der Waals surface area (Å²) in [5.41, 5.74) is 0.614. The summed E-state index contributed by atoms with van der Waals surface area (Å²) in [6.07, 6.45) is 0. The van der Waals surface area contributed by atoms with E-state index in [9.17, 15) is 8.78 Å². The third-order valence-electron chi connectivity index (χ3n) is 3.10. The van der Waals surface area contributed by atoms with E-state index in [0.717, 1.165) is 6.07 Å². The summed E-state index contributed by atoms with van der Waals surface area (Å²) in [6.45, 7) is 0.00213. The Kier molecular flexibility index (Phi) is 4.40. The summed E-state index contributed by atoms with van der Waals surface area (Å²) in [7, 11) is 0. The molecule has 0 atom stereocenters. The van der Waals surface area contributed by atoms with Crippen LogP contribution >= 0.6 is 23.2 Å². The molecule has 0 radical (unpaired) electrons. The molecule has 23 heavy (non-hydrogen) atoms. The minimum Gasteiger partial charge on any atom is -0.349 e. The van der Waals surface area contributed by atoms with Crippen LogP contribution in [0.2, 0.25) is 10.0 Å². The molecule has 0 aliphatic heterocycles. The highest BCUT2D eigenvalue weighted by atomic mass is 35.5. The molecule has 0 saturated heterocycles. The first-order chi connectivity index (χ1) is 11.1. The average molecular weight is 356 g/mol. The van der Waals surface area contributed by atoms with Crippen molar-refractivity contribution in [2.45, 2.75) is 6.54 Å². The predicted molar refractivity (Wildman–Crippen MR) is 82.9 cm³/mol. The van der Waals surface area contributed by atoms with Gasteiger partial charge in [0, 0.05) is 12.1 Å². The number of anilines is 1. The molecule has 0 fully saturated rings. The van der Waals surface area contributed by atoms with Crippen LogP contribution in [0.3, 0.4) is 0 Å². The minimum atomic E-state index is -0.917. The van der Waals surface area contributed by atoms with Crippen molar-refractivity contribution < 1.29 is 8.78 Å². The van der Waals surface area contributed by atoms with Crippen LogP contribution in [-0.4, -0.2) is 20.2 Å². The van der Waals surface area contributed by atoms with Gasteiger partial charge in [-0.2, -0.15) is 4.68 Å². The van der Waals surface area contributed by atoms with Gasteiger partial charge in [0.25, 0.3) is 0 Å². The number of nitrogens with zero attached hydrogens (tertiary/aromatic N) is 4. The third-order valence-corrected chi connectivity index (χ3v) is 3.91. The molecule has 3 aromatic rings. The van der Waals surface area contributed by atoms with E-state index in [2.05, 4.69) is 20.8 Å². The van der Waals surface area contributed by atoms with E-state index in [1.165, 1.54) is 16.8 Å². The molecule has 1 heterocycles. The van der Waals surface area contributed by atoms with Crippen molar-refractivity contribution in [2.24, 2.45) is 0 Å². The van der Waals surface area contributed by atoms with Crippen molar-refractivity contribution in [3.8, 4) is 5.69 Å². The molecule has 3 rings (SSSR count). The highest BCUT2D eigenvalue weighted by Crippen LogP contribution is 2.29. The minimum absolute atomic E-state index is 0.00213.